The van der Waals surface area contributed by atoms with Crippen LogP contribution in [0.2, 0.25) is 0 Å². The van der Waals surface area contributed by atoms with Crippen molar-refractivity contribution in [2.75, 3.05) is 0 Å². The number of hydrogen-bond acceptors (Lipinski definition) is 3. The van der Waals surface area contributed by atoms with Crippen LogP contribution in [-0.2, 0) is 4.79 Å². The van der Waals surface area contributed by atoms with Crippen LogP contribution in [-0.4, -0.2) is 11.0 Å². The summed E-state index contributed by atoms with van der Waals surface area (Å²) in [5, 5.41) is 0. The average molecular weight is 334 g/mol. The van der Waals surface area contributed by atoms with E-state index in [-0.39, 0.29) is 5.97 Å². The highest BCUT2D eigenvalue weighted by atomic mass is 79.9. The molecule has 0 saturated carbocycles. The fourth-order valence-electron chi connectivity index (χ4n) is 1.55. The molecule has 1 aromatic carbocycles. The summed E-state index contributed by atoms with van der Waals surface area (Å²) >= 11 is 3.40. The monoisotopic (exact) mass is 333 g/mol. The van der Waals surface area contributed by atoms with Crippen molar-refractivity contribution in [2.24, 2.45) is 5.41 Å². The molecule has 0 spiro atoms. The fourth-order valence-corrected chi connectivity index (χ4v) is 1.81. The van der Waals surface area contributed by atoms with E-state index in [4.69, 9.17) is 4.74 Å². The van der Waals surface area contributed by atoms with Crippen molar-refractivity contribution >= 4 is 21.9 Å². The third-order valence-electron chi connectivity index (χ3n) is 2.70. The number of esters is 1. The Morgan fingerprint density at radius 3 is 2.40 bits per heavy atom. The summed E-state index contributed by atoms with van der Waals surface area (Å²) in [5.41, 5.74) is 1.02. The Morgan fingerprint density at radius 1 is 1.15 bits per heavy atom. The number of ether oxygens (including phenoxy) is 1. The lowest BCUT2D eigenvalue weighted by Gasteiger charge is -2.17. The Balaban J connectivity index is 2.36. The van der Waals surface area contributed by atoms with Gasteiger partial charge in [-0.1, -0.05) is 28.1 Å². The van der Waals surface area contributed by atoms with Crippen molar-refractivity contribution in [1.29, 1.82) is 0 Å². The van der Waals surface area contributed by atoms with Crippen molar-refractivity contribution in [3.05, 3.63) is 47.1 Å². The summed E-state index contributed by atoms with van der Waals surface area (Å²) in [7, 11) is 0. The van der Waals surface area contributed by atoms with Gasteiger partial charge in [0, 0.05) is 16.2 Å². The first-order chi connectivity index (χ1) is 9.38. The molecule has 0 bridgehead atoms. The van der Waals surface area contributed by atoms with E-state index in [1.165, 1.54) is 0 Å². The van der Waals surface area contributed by atoms with Gasteiger partial charge in [0.15, 0.2) is 5.75 Å². The molecule has 1 heterocycles. The molecular weight excluding hydrogens is 318 g/mol. The Kier molecular flexibility index (Phi) is 4.23. The lowest BCUT2D eigenvalue weighted by atomic mass is 9.97. The second-order valence-corrected chi connectivity index (χ2v) is 6.41. The van der Waals surface area contributed by atoms with Crippen LogP contribution in [0.3, 0.4) is 0 Å². The zero-order valence-electron chi connectivity index (χ0n) is 11.7. The minimum Gasteiger partial charge on any atom is -0.424 e. The van der Waals surface area contributed by atoms with Crippen molar-refractivity contribution in [1.82, 2.24) is 4.98 Å². The number of nitrogens with zero attached hydrogens (tertiary/aromatic N) is 1. The van der Waals surface area contributed by atoms with E-state index in [1.807, 2.05) is 45.0 Å². The van der Waals surface area contributed by atoms with Gasteiger partial charge in [-0.05, 0) is 45.0 Å². The van der Waals surface area contributed by atoms with E-state index >= 15 is 0 Å². The molecule has 2 aromatic rings. The van der Waals surface area contributed by atoms with Gasteiger partial charge in [0.2, 0.25) is 0 Å². The number of carbonyl (C=O) groups excluding carboxylic acids is 1. The predicted octanol–water partition coefficient (Wildman–Crippen LogP) is 4.46. The number of rotatable bonds is 2. The number of pyridine rings is 1. The van der Waals surface area contributed by atoms with Gasteiger partial charge in [0.05, 0.1) is 5.41 Å². The smallest absolute Gasteiger partial charge is 0.316 e. The molecule has 0 radical (unpaired) electrons. The van der Waals surface area contributed by atoms with Crippen LogP contribution in [0.15, 0.2) is 47.1 Å². The molecule has 0 fully saturated rings. The van der Waals surface area contributed by atoms with Gasteiger partial charge in [-0.15, -0.1) is 0 Å². The number of benzene rings is 1. The molecule has 0 atom stereocenters. The van der Waals surface area contributed by atoms with Crippen molar-refractivity contribution in [2.45, 2.75) is 20.8 Å². The van der Waals surface area contributed by atoms with Crippen LogP contribution < -0.4 is 4.74 Å². The van der Waals surface area contributed by atoms with E-state index in [0.717, 1.165) is 10.0 Å². The Hall–Kier alpha value is -1.68. The second-order valence-electron chi connectivity index (χ2n) is 5.50. The molecule has 20 heavy (non-hydrogen) atoms. The Morgan fingerprint density at radius 2 is 1.80 bits per heavy atom. The van der Waals surface area contributed by atoms with Crippen LogP contribution >= 0.6 is 15.9 Å². The third kappa shape index (κ3) is 3.45. The lowest BCUT2D eigenvalue weighted by Crippen LogP contribution is -2.25. The van der Waals surface area contributed by atoms with Crippen molar-refractivity contribution in [3.8, 4) is 17.0 Å². The third-order valence-corrected chi connectivity index (χ3v) is 3.23. The first-order valence-electron chi connectivity index (χ1n) is 6.31. The summed E-state index contributed by atoms with van der Waals surface area (Å²) in [6.07, 6.45) is 1.69. The summed E-state index contributed by atoms with van der Waals surface area (Å²) < 4.78 is 6.47. The summed E-state index contributed by atoms with van der Waals surface area (Å²) in [5.74, 6) is 0.207. The van der Waals surface area contributed by atoms with Crippen LogP contribution in [0.25, 0.3) is 11.3 Å². The first-order valence-corrected chi connectivity index (χ1v) is 7.10. The van der Waals surface area contributed by atoms with E-state index in [0.29, 0.717) is 11.4 Å². The minimum absolute atomic E-state index is 0.274. The number of aromatic nitrogens is 1. The molecule has 0 aliphatic rings. The molecule has 2 rings (SSSR count). The highest BCUT2D eigenvalue weighted by molar-refractivity contribution is 9.10. The van der Waals surface area contributed by atoms with Crippen molar-refractivity contribution < 1.29 is 9.53 Å². The van der Waals surface area contributed by atoms with Crippen molar-refractivity contribution in [3.63, 3.8) is 0 Å². The topological polar surface area (TPSA) is 39.2 Å². The SMILES string of the molecule is CC(C)(C)C(=O)Oc1cccnc1-c1ccc(Br)cc1. The maximum atomic E-state index is 12.0. The predicted molar refractivity (Wildman–Crippen MR) is 82.5 cm³/mol. The number of halogens is 1. The highest BCUT2D eigenvalue weighted by Gasteiger charge is 2.25. The maximum absolute atomic E-state index is 12.0. The van der Waals surface area contributed by atoms with E-state index in [1.54, 1.807) is 18.3 Å². The zero-order valence-corrected chi connectivity index (χ0v) is 13.3. The molecule has 3 nitrogen and oxygen atoms in total. The van der Waals surface area contributed by atoms with Gasteiger partial charge < -0.3 is 4.74 Å². The van der Waals surface area contributed by atoms with Crippen LogP contribution in [0, 0.1) is 5.41 Å². The minimum atomic E-state index is -0.549. The Bertz CT molecular complexity index is 615. The molecule has 1 aromatic heterocycles. The summed E-state index contributed by atoms with van der Waals surface area (Å²) in [6.45, 7) is 5.47. The summed E-state index contributed by atoms with van der Waals surface area (Å²) in [6, 6.07) is 11.2. The molecule has 0 amide bonds. The fraction of sp³-hybridized carbons (Fsp3) is 0.250. The largest absolute Gasteiger partial charge is 0.424 e. The normalized spacial score (nSPS) is 11.2. The zero-order chi connectivity index (χ0) is 14.8. The van der Waals surface area contributed by atoms with Gasteiger partial charge in [0.25, 0.3) is 0 Å². The van der Waals surface area contributed by atoms with E-state index in [9.17, 15) is 4.79 Å². The van der Waals surface area contributed by atoms with Gasteiger partial charge in [0.1, 0.15) is 5.69 Å². The molecular formula is C16H16BrNO2. The number of hydrogen-bond donors (Lipinski definition) is 0. The lowest BCUT2D eigenvalue weighted by molar-refractivity contribution is -0.142. The van der Waals surface area contributed by atoms with Crippen LogP contribution in [0.5, 0.6) is 5.75 Å². The van der Waals surface area contributed by atoms with E-state index < -0.39 is 5.41 Å². The molecule has 0 aliphatic heterocycles. The molecule has 0 saturated heterocycles. The van der Waals surface area contributed by atoms with Gasteiger partial charge in [-0.2, -0.15) is 0 Å². The van der Waals surface area contributed by atoms with Crippen LogP contribution in [0.1, 0.15) is 20.8 Å². The first kappa shape index (κ1) is 14.7. The van der Waals surface area contributed by atoms with Crippen LogP contribution in [0.4, 0.5) is 0 Å². The highest BCUT2D eigenvalue weighted by Crippen LogP contribution is 2.30. The number of carbonyl (C=O) groups is 1. The molecule has 0 unspecified atom stereocenters. The quantitative estimate of drug-likeness (QED) is 0.761. The standard InChI is InChI=1S/C16H16BrNO2/c1-16(2,3)15(19)20-13-5-4-10-18-14(13)11-6-8-12(17)9-7-11/h4-10H,1-3H3. The van der Waals surface area contributed by atoms with Gasteiger partial charge in [-0.25, -0.2) is 0 Å². The van der Waals surface area contributed by atoms with E-state index in [2.05, 4.69) is 20.9 Å². The molecule has 0 aliphatic carbocycles. The van der Waals surface area contributed by atoms with Gasteiger partial charge >= 0.3 is 5.97 Å². The van der Waals surface area contributed by atoms with Gasteiger partial charge in [-0.3, -0.25) is 9.78 Å². The second kappa shape index (κ2) is 5.75. The Labute approximate surface area is 127 Å². The molecule has 0 N–H and O–H groups in total. The molecule has 4 heteroatoms. The summed E-state index contributed by atoms with van der Waals surface area (Å²) in [4.78, 5) is 16.3. The average Bonchev–Trinajstić information content (AvgIpc) is 2.39. The molecule has 104 valence electrons. The maximum Gasteiger partial charge on any atom is 0.316 e.